The highest BCUT2D eigenvalue weighted by Crippen LogP contribution is 2.45. The number of rotatable bonds is 5. The molecule has 8 heteroatoms. The lowest BCUT2D eigenvalue weighted by molar-refractivity contribution is -0.128. The molecule has 27 heavy (non-hydrogen) atoms. The molecular formula is C19H28N2O5S. The van der Waals surface area contributed by atoms with Gasteiger partial charge in [0.25, 0.3) is 0 Å². The first-order chi connectivity index (χ1) is 12.8. The van der Waals surface area contributed by atoms with Gasteiger partial charge in [0.05, 0.1) is 18.6 Å². The minimum Gasteiger partial charge on any atom is -0.497 e. The summed E-state index contributed by atoms with van der Waals surface area (Å²) in [6, 6.07) is 6.49. The zero-order valence-corrected chi connectivity index (χ0v) is 17.0. The van der Waals surface area contributed by atoms with Crippen LogP contribution in [0.1, 0.15) is 19.8 Å². The van der Waals surface area contributed by atoms with E-state index in [2.05, 4.69) is 0 Å². The molecule has 2 heterocycles. The van der Waals surface area contributed by atoms with Gasteiger partial charge in [0.2, 0.25) is 15.9 Å². The average molecular weight is 397 g/mol. The van der Waals surface area contributed by atoms with Gasteiger partial charge >= 0.3 is 0 Å². The van der Waals surface area contributed by atoms with E-state index >= 15 is 0 Å². The van der Waals surface area contributed by atoms with Crippen LogP contribution in [0.2, 0.25) is 0 Å². The zero-order chi connectivity index (χ0) is 19.7. The van der Waals surface area contributed by atoms with Gasteiger partial charge in [-0.3, -0.25) is 4.79 Å². The number of amides is 1. The van der Waals surface area contributed by atoms with Crippen LogP contribution in [0.25, 0.3) is 0 Å². The number of hydrogen-bond acceptors (Lipinski definition) is 5. The van der Waals surface area contributed by atoms with Gasteiger partial charge in [-0.15, -0.1) is 0 Å². The Bertz CT molecular complexity index is 770. The fourth-order valence-corrected chi connectivity index (χ4v) is 5.78. The zero-order valence-electron chi connectivity index (χ0n) is 16.2. The van der Waals surface area contributed by atoms with Crippen LogP contribution < -0.4 is 4.74 Å². The summed E-state index contributed by atoms with van der Waals surface area (Å²) < 4.78 is 38.0. The molecule has 0 aromatic heterocycles. The maximum Gasteiger partial charge on any atom is 0.243 e. The summed E-state index contributed by atoms with van der Waals surface area (Å²) in [5.74, 6) is 0.947. The number of piperidine rings is 1. The molecule has 3 rings (SSSR count). The predicted molar refractivity (Wildman–Crippen MR) is 101 cm³/mol. The van der Waals surface area contributed by atoms with Gasteiger partial charge in [-0.1, -0.05) is 0 Å². The summed E-state index contributed by atoms with van der Waals surface area (Å²) in [5.41, 5.74) is -0.0619. The third-order valence-electron chi connectivity index (χ3n) is 6.04. The molecule has 2 aliphatic rings. The predicted octanol–water partition coefficient (Wildman–Crippen LogP) is 1.59. The average Bonchev–Trinajstić information content (AvgIpc) is 3.01. The molecule has 1 amide bonds. The number of likely N-dealkylation sites (tertiary alicyclic amines) is 1. The van der Waals surface area contributed by atoms with Crippen LogP contribution in [-0.4, -0.2) is 70.5 Å². The summed E-state index contributed by atoms with van der Waals surface area (Å²) >= 11 is 0. The van der Waals surface area contributed by atoms with Crippen LogP contribution in [0.4, 0.5) is 0 Å². The van der Waals surface area contributed by atoms with E-state index in [1.54, 1.807) is 49.7 Å². The maximum atomic E-state index is 13.0. The molecule has 7 nitrogen and oxygen atoms in total. The molecule has 1 atom stereocenters. The smallest absolute Gasteiger partial charge is 0.243 e. The fraction of sp³-hybridized carbons (Fsp3) is 0.632. The molecule has 1 aromatic rings. The molecular weight excluding hydrogens is 368 g/mol. The Balaban J connectivity index is 1.74. The van der Waals surface area contributed by atoms with Crippen molar-refractivity contribution in [1.82, 2.24) is 9.21 Å². The van der Waals surface area contributed by atoms with E-state index in [1.807, 2.05) is 4.90 Å². The standard InChI is InChI=1S/C19H28N2O5S/c1-15(22)20-12-16(13-25-2)19(14-20)8-10-21(11-9-19)27(23,24)18-6-4-17(26-3)5-7-18/h4-7,16H,8-14H2,1-3H3. The second kappa shape index (κ2) is 7.77. The Morgan fingerprint density at radius 1 is 1.19 bits per heavy atom. The molecule has 0 radical (unpaired) electrons. The molecule has 1 aromatic carbocycles. The Morgan fingerprint density at radius 3 is 2.33 bits per heavy atom. The first-order valence-electron chi connectivity index (χ1n) is 9.21. The number of hydrogen-bond donors (Lipinski definition) is 0. The Hall–Kier alpha value is -1.64. The van der Waals surface area contributed by atoms with Gasteiger partial charge in [-0.2, -0.15) is 4.31 Å². The van der Waals surface area contributed by atoms with Crippen molar-refractivity contribution in [3.8, 4) is 5.75 Å². The van der Waals surface area contributed by atoms with Gasteiger partial charge < -0.3 is 14.4 Å². The van der Waals surface area contributed by atoms with Gasteiger partial charge in [0.15, 0.2) is 0 Å². The Kier molecular flexibility index (Phi) is 5.79. The van der Waals surface area contributed by atoms with E-state index in [9.17, 15) is 13.2 Å². The van der Waals surface area contributed by atoms with Crippen molar-refractivity contribution >= 4 is 15.9 Å². The van der Waals surface area contributed by atoms with E-state index in [0.717, 1.165) is 12.8 Å². The number of nitrogens with zero attached hydrogens (tertiary/aromatic N) is 2. The molecule has 2 saturated heterocycles. The van der Waals surface area contributed by atoms with Crippen molar-refractivity contribution in [2.24, 2.45) is 11.3 Å². The molecule has 0 bridgehead atoms. The maximum absolute atomic E-state index is 13.0. The second-order valence-electron chi connectivity index (χ2n) is 7.49. The lowest BCUT2D eigenvalue weighted by atomic mass is 9.71. The topological polar surface area (TPSA) is 76.2 Å². The number of carbonyl (C=O) groups is 1. The number of sulfonamides is 1. The number of methoxy groups -OCH3 is 2. The molecule has 0 saturated carbocycles. The highest BCUT2D eigenvalue weighted by Gasteiger charge is 2.49. The molecule has 0 aliphatic carbocycles. The van der Waals surface area contributed by atoms with Gasteiger partial charge in [0.1, 0.15) is 5.75 Å². The first kappa shape index (κ1) is 20.1. The summed E-state index contributed by atoms with van der Waals surface area (Å²) in [6.07, 6.45) is 1.47. The molecule has 1 unspecified atom stereocenters. The van der Waals surface area contributed by atoms with Crippen LogP contribution in [0.3, 0.4) is 0 Å². The van der Waals surface area contributed by atoms with Crippen LogP contribution in [0.5, 0.6) is 5.75 Å². The third-order valence-corrected chi connectivity index (χ3v) is 7.95. The quantitative estimate of drug-likeness (QED) is 0.756. The van der Waals surface area contributed by atoms with Crippen molar-refractivity contribution in [3.63, 3.8) is 0 Å². The highest BCUT2D eigenvalue weighted by molar-refractivity contribution is 7.89. The molecule has 2 fully saturated rings. The normalized spacial score (nSPS) is 22.9. The van der Waals surface area contributed by atoms with Gasteiger partial charge in [-0.05, 0) is 42.5 Å². The first-order valence-corrected chi connectivity index (χ1v) is 10.6. The van der Waals surface area contributed by atoms with Gasteiger partial charge in [-0.25, -0.2) is 8.42 Å². The van der Waals surface area contributed by atoms with E-state index in [-0.39, 0.29) is 22.1 Å². The van der Waals surface area contributed by atoms with Crippen LogP contribution in [0, 0.1) is 11.3 Å². The van der Waals surface area contributed by atoms with E-state index in [4.69, 9.17) is 9.47 Å². The highest BCUT2D eigenvalue weighted by atomic mass is 32.2. The number of benzene rings is 1. The Morgan fingerprint density at radius 2 is 1.81 bits per heavy atom. The molecule has 1 spiro atoms. The number of carbonyl (C=O) groups excluding carboxylic acids is 1. The number of ether oxygens (including phenoxy) is 2. The molecule has 2 aliphatic heterocycles. The largest absolute Gasteiger partial charge is 0.497 e. The lowest BCUT2D eigenvalue weighted by Crippen LogP contribution is -2.47. The van der Waals surface area contributed by atoms with Crippen LogP contribution in [-0.2, 0) is 19.6 Å². The van der Waals surface area contributed by atoms with E-state index < -0.39 is 10.0 Å². The van der Waals surface area contributed by atoms with Crippen LogP contribution >= 0.6 is 0 Å². The minimum atomic E-state index is -3.53. The van der Waals surface area contributed by atoms with Crippen molar-refractivity contribution in [1.29, 1.82) is 0 Å². The van der Waals surface area contributed by atoms with Gasteiger partial charge in [0, 0.05) is 46.1 Å². The van der Waals surface area contributed by atoms with Crippen molar-refractivity contribution in [2.75, 3.05) is 47.0 Å². The summed E-state index contributed by atoms with van der Waals surface area (Å²) in [4.78, 5) is 14.0. The summed E-state index contributed by atoms with van der Waals surface area (Å²) in [7, 11) is -0.301. The monoisotopic (exact) mass is 396 g/mol. The Labute approximate surface area is 161 Å². The van der Waals surface area contributed by atoms with E-state index in [1.165, 1.54) is 0 Å². The summed E-state index contributed by atoms with van der Waals surface area (Å²) in [6.45, 7) is 4.48. The van der Waals surface area contributed by atoms with Crippen molar-refractivity contribution in [2.45, 2.75) is 24.7 Å². The van der Waals surface area contributed by atoms with E-state index in [0.29, 0.717) is 38.5 Å². The summed E-state index contributed by atoms with van der Waals surface area (Å²) in [5, 5.41) is 0. The van der Waals surface area contributed by atoms with Crippen molar-refractivity contribution < 1.29 is 22.7 Å². The fourth-order valence-electron chi connectivity index (χ4n) is 4.34. The third kappa shape index (κ3) is 3.83. The van der Waals surface area contributed by atoms with Crippen LogP contribution in [0.15, 0.2) is 29.2 Å². The minimum absolute atomic E-state index is 0.0619. The molecule has 0 N–H and O–H groups in total. The SMILES string of the molecule is COCC1CN(C(C)=O)CC12CCN(S(=O)(=O)c1ccc(OC)cc1)CC2. The second-order valence-corrected chi connectivity index (χ2v) is 9.43. The van der Waals surface area contributed by atoms with Crippen molar-refractivity contribution in [3.05, 3.63) is 24.3 Å². The molecule has 150 valence electrons. The lowest BCUT2D eigenvalue weighted by Gasteiger charge is -2.41.